The number of hydrogen-bond donors (Lipinski definition) is 1. The summed E-state index contributed by atoms with van der Waals surface area (Å²) in [5, 5.41) is 10.5. The molecule has 0 radical (unpaired) electrons. The van der Waals surface area contributed by atoms with Crippen LogP contribution in [0.4, 0.5) is 0 Å². The van der Waals surface area contributed by atoms with Crippen LogP contribution in [0.25, 0.3) is 10.1 Å². The summed E-state index contributed by atoms with van der Waals surface area (Å²) in [5.74, 6) is -0.838. The molecule has 0 fully saturated rings. The Balaban J connectivity index is 2.17. The lowest BCUT2D eigenvalue weighted by molar-refractivity contribution is 0.0701. The third kappa shape index (κ3) is 2.21. The van der Waals surface area contributed by atoms with E-state index in [9.17, 15) is 9.90 Å². The van der Waals surface area contributed by atoms with Crippen molar-refractivity contribution >= 4 is 27.4 Å². The van der Waals surface area contributed by atoms with E-state index in [0.29, 0.717) is 11.3 Å². The van der Waals surface area contributed by atoms with Crippen LogP contribution in [0.5, 0.6) is 0 Å². The Morgan fingerprint density at radius 1 is 1.10 bits per heavy atom. The molecule has 2 nitrogen and oxygen atoms in total. The number of fused-ring (bicyclic) bond motifs is 1. The Morgan fingerprint density at radius 3 is 2.55 bits per heavy atom. The van der Waals surface area contributed by atoms with Gasteiger partial charge in [-0.2, -0.15) is 0 Å². The minimum Gasteiger partial charge on any atom is -0.477 e. The zero-order valence-corrected chi connectivity index (χ0v) is 11.9. The number of carbonyl (C=O) groups is 1. The Bertz CT molecular complexity index is 787. The van der Waals surface area contributed by atoms with Gasteiger partial charge in [0.2, 0.25) is 0 Å². The summed E-state index contributed by atoms with van der Waals surface area (Å²) in [6.45, 7) is 2.06. The van der Waals surface area contributed by atoms with Gasteiger partial charge in [0.15, 0.2) is 0 Å². The van der Waals surface area contributed by atoms with Gasteiger partial charge in [0, 0.05) is 11.1 Å². The average Bonchev–Trinajstić information content (AvgIpc) is 2.81. The van der Waals surface area contributed by atoms with Gasteiger partial charge >= 0.3 is 5.97 Å². The summed E-state index contributed by atoms with van der Waals surface area (Å²) in [5.41, 5.74) is 3.30. The van der Waals surface area contributed by atoms with Crippen LogP contribution in [0, 0.1) is 6.92 Å². The number of rotatable bonds is 3. The van der Waals surface area contributed by atoms with E-state index in [1.165, 1.54) is 22.5 Å². The summed E-state index contributed by atoms with van der Waals surface area (Å²) >= 11 is 1.36. The van der Waals surface area contributed by atoms with E-state index in [0.717, 1.165) is 15.6 Å². The van der Waals surface area contributed by atoms with Gasteiger partial charge in [-0.05, 0) is 35.1 Å². The van der Waals surface area contributed by atoms with Gasteiger partial charge in [-0.1, -0.05) is 42.5 Å². The SMILES string of the molecule is Cc1ccccc1Cc1c(C(=O)O)sc2ccccc12. The van der Waals surface area contributed by atoms with Crippen molar-refractivity contribution in [2.24, 2.45) is 0 Å². The summed E-state index contributed by atoms with van der Waals surface area (Å²) in [4.78, 5) is 11.9. The lowest BCUT2D eigenvalue weighted by atomic mass is 9.98. The summed E-state index contributed by atoms with van der Waals surface area (Å²) in [6.07, 6.45) is 0.665. The third-order valence-electron chi connectivity index (χ3n) is 3.52. The lowest BCUT2D eigenvalue weighted by Crippen LogP contribution is -1.99. The van der Waals surface area contributed by atoms with Crippen molar-refractivity contribution in [2.45, 2.75) is 13.3 Å². The van der Waals surface area contributed by atoms with Crippen molar-refractivity contribution < 1.29 is 9.90 Å². The largest absolute Gasteiger partial charge is 0.477 e. The molecule has 1 N–H and O–H groups in total. The van der Waals surface area contributed by atoms with E-state index in [-0.39, 0.29) is 0 Å². The molecule has 20 heavy (non-hydrogen) atoms. The molecule has 3 aromatic rings. The molecule has 0 bridgehead atoms. The minimum atomic E-state index is -0.838. The molecule has 0 aliphatic rings. The van der Waals surface area contributed by atoms with Gasteiger partial charge in [0.05, 0.1) is 0 Å². The van der Waals surface area contributed by atoms with Crippen LogP contribution in [0.2, 0.25) is 0 Å². The molecular weight excluding hydrogens is 268 g/mol. The van der Waals surface area contributed by atoms with Crippen molar-refractivity contribution in [1.29, 1.82) is 0 Å². The van der Waals surface area contributed by atoms with Crippen LogP contribution in [0.3, 0.4) is 0 Å². The highest BCUT2D eigenvalue weighted by molar-refractivity contribution is 7.21. The molecule has 0 aliphatic heterocycles. The van der Waals surface area contributed by atoms with Crippen molar-refractivity contribution in [3.63, 3.8) is 0 Å². The number of thiophene rings is 1. The van der Waals surface area contributed by atoms with E-state index in [1.807, 2.05) is 36.4 Å². The molecule has 0 saturated heterocycles. The smallest absolute Gasteiger partial charge is 0.346 e. The van der Waals surface area contributed by atoms with Gasteiger partial charge in [0.1, 0.15) is 4.88 Å². The van der Waals surface area contributed by atoms with Crippen molar-refractivity contribution in [3.05, 3.63) is 70.1 Å². The van der Waals surface area contributed by atoms with Gasteiger partial charge in [-0.25, -0.2) is 4.79 Å². The van der Waals surface area contributed by atoms with E-state index in [2.05, 4.69) is 19.1 Å². The molecule has 1 aromatic heterocycles. The maximum atomic E-state index is 11.5. The Morgan fingerprint density at radius 2 is 1.80 bits per heavy atom. The number of aryl methyl sites for hydroxylation is 1. The highest BCUT2D eigenvalue weighted by atomic mass is 32.1. The number of hydrogen-bond acceptors (Lipinski definition) is 2. The number of benzene rings is 2. The van der Waals surface area contributed by atoms with Crippen molar-refractivity contribution in [3.8, 4) is 0 Å². The number of aromatic carboxylic acids is 1. The summed E-state index contributed by atoms with van der Waals surface area (Å²) in [6, 6.07) is 16.0. The first-order valence-electron chi connectivity index (χ1n) is 6.45. The van der Waals surface area contributed by atoms with E-state index in [1.54, 1.807) is 0 Å². The van der Waals surface area contributed by atoms with E-state index in [4.69, 9.17) is 0 Å². The first-order valence-corrected chi connectivity index (χ1v) is 7.26. The normalized spacial score (nSPS) is 10.8. The van der Waals surface area contributed by atoms with E-state index < -0.39 is 5.97 Å². The third-order valence-corrected chi connectivity index (χ3v) is 4.72. The monoisotopic (exact) mass is 282 g/mol. The second kappa shape index (κ2) is 5.10. The topological polar surface area (TPSA) is 37.3 Å². The van der Waals surface area contributed by atoms with Crippen LogP contribution in [-0.4, -0.2) is 11.1 Å². The summed E-state index contributed by atoms with van der Waals surface area (Å²) < 4.78 is 1.04. The Kier molecular flexibility index (Phi) is 3.28. The molecule has 0 spiro atoms. The zero-order chi connectivity index (χ0) is 14.1. The van der Waals surface area contributed by atoms with Crippen molar-refractivity contribution in [2.75, 3.05) is 0 Å². The molecular formula is C17H14O2S. The molecule has 0 saturated carbocycles. The highest BCUT2D eigenvalue weighted by Crippen LogP contribution is 2.33. The van der Waals surface area contributed by atoms with E-state index >= 15 is 0 Å². The second-order valence-corrected chi connectivity index (χ2v) is 5.87. The average molecular weight is 282 g/mol. The maximum Gasteiger partial charge on any atom is 0.346 e. The molecule has 0 amide bonds. The van der Waals surface area contributed by atoms with Crippen LogP contribution < -0.4 is 0 Å². The van der Waals surface area contributed by atoms with Gasteiger partial charge in [-0.15, -0.1) is 11.3 Å². The first-order chi connectivity index (χ1) is 9.66. The molecule has 1 heterocycles. The number of carboxylic acids is 1. The molecule has 0 atom stereocenters. The lowest BCUT2D eigenvalue weighted by Gasteiger charge is -2.06. The highest BCUT2D eigenvalue weighted by Gasteiger charge is 2.18. The van der Waals surface area contributed by atoms with Crippen molar-refractivity contribution in [1.82, 2.24) is 0 Å². The molecule has 100 valence electrons. The van der Waals surface area contributed by atoms with Gasteiger partial charge in [-0.3, -0.25) is 0 Å². The van der Waals surface area contributed by atoms with Crippen LogP contribution in [0.1, 0.15) is 26.4 Å². The molecule has 0 unspecified atom stereocenters. The zero-order valence-electron chi connectivity index (χ0n) is 11.1. The standard InChI is InChI=1S/C17H14O2S/c1-11-6-2-3-7-12(11)10-14-13-8-4-5-9-15(13)20-16(14)17(18)19/h2-9H,10H2,1H3,(H,18,19). The Labute approximate surface area is 121 Å². The predicted molar refractivity (Wildman–Crippen MR) is 82.8 cm³/mol. The first kappa shape index (κ1) is 12.9. The van der Waals surface area contributed by atoms with Crippen LogP contribution in [0.15, 0.2) is 48.5 Å². The number of carboxylic acid groups (broad SMARTS) is 1. The quantitative estimate of drug-likeness (QED) is 0.768. The predicted octanol–water partition coefficient (Wildman–Crippen LogP) is 4.50. The fraction of sp³-hybridized carbons (Fsp3) is 0.118. The fourth-order valence-electron chi connectivity index (χ4n) is 2.45. The van der Waals surface area contributed by atoms with Crippen LogP contribution in [-0.2, 0) is 6.42 Å². The Hall–Kier alpha value is -2.13. The fourth-order valence-corrected chi connectivity index (χ4v) is 3.51. The van der Waals surface area contributed by atoms with Gasteiger partial charge < -0.3 is 5.11 Å². The van der Waals surface area contributed by atoms with Gasteiger partial charge in [0.25, 0.3) is 0 Å². The maximum absolute atomic E-state index is 11.5. The molecule has 3 rings (SSSR count). The molecule has 2 aromatic carbocycles. The van der Waals surface area contributed by atoms with Crippen LogP contribution >= 0.6 is 11.3 Å². The second-order valence-electron chi connectivity index (χ2n) is 4.81. The molecule has 0 aliphatic carbocycles. The minimum absolute atomic E-state index is 0.453. The molecule has 3 heteroatoms. The summed E-state index contributed by atoms with van der Waals surface area (Å²) in [7, 11) is 0.